The number of carboxylic acid groups (broad SMARTS) is 1. The van der Waals surface area contributed by atoms with Crippen LogP contribution in [-0.4, -0.2) is 22.4 Å². The van der Waals surface area contributed by atoms with E-state index in [4.69, 9.17) is 5.11 Å². The Morgan fingerprint density at radius 2 is 2.05 bits per heavy atom. The molecule has 0 unspecified atom stereocenters. The maximum Gasteiger partial charge on any atom is 0.574 e. The van der Waals surface area contributed by atoms with Crippen LogP contribution >= 0.6 is 0 Å². The predicted octanol–water partition coefficient (Wildman–Crippen LogP) is 2.85. The van der Waals surface area contributed by atoms with Crippen LogP contribution in [0.4, 0.5) is 22.0 Å². The van der Waals surface area contributed by atoms with E-state index < -0.39 is 42.3 Å². The average Bonchev–Trinajstić information content (AvgIpc) is 2.18. The second kappa shape index (κ2) is 5.37. The molecule has 106 valence electrons. The average molecular weight is 285 g/mol. The first kappa shape index (κ1) is 15.1. The van der Waals surface area contributed by atoms with Crippen molar-refractivity contribution < 1.29 is 36.6 Å². The van der Waals surface area contributed by atoms with Crippen molar-refractivity contribution in [2.24, 2.45) is 0 Å². The van der Waals surface area contributed by atoms with Crippen LogP contribution in [0.25, 0.3) is 0 Å². The quantitative estimate of drug-likeness (QED) is 0.864. The number of halogens is 5. The lowest BCUT2D eigenvalue weighted by atomic mass is 10.1. The number of ether oxygens (including phenoxy) is 1. The van der Waals surface area contributed by atoms with Crippen LogP contribution in [0, 0.1) is 6.92 Å². The normalized spacial score (nSPS) is 11.7. The van der Waals surface area contributed by atoms with Gasteiger partial charge in [0, 0.05) is 5.56 Å². The lowest BCUT2D eigenvalue weighted by Crippen LogP contribution is -2.20. The molecule has 0 saturated carbocycles. The number of pyridine rings is 1. The van der Waals surface area contributed by atoms with E-state index in [0.29, 0.717) is 0 Å². The van der Waals surface area contributed by atoms with Crippen molar-refractivity contribution in [2.75, 3.05) is 0 Å². The second-order valence-electron chi connectivity index (χ2n) is 3.57. The van der Waals surface area contributed by atoms with Crippen LogP contribution in [0.1, 0.15) is 23.2 Å². The summed E-state index contributed by atoms with van der Waals surface area (Å²) in [5.74, 6) is -2.60. The van der Waals surface area contributed by atoms with Crippen molar-refractivity contribution in [2.45, 2.75) is 26.1 Å². The number of hydrogen-bond acceptors (Lipinski definition) is 3. The minimum atomic E-state index is -5.14. The summed E-state index contributed by atoms with van der Waals surface area (Å²) in [7, 11) is 0. The summed E-state index contributed by atoms with van der Waals surface area (Å²) in [5, 5.41) is 8.55. The first-order chi connectivity index (χ1) is 8.60. The summed E-state index contributed by atoms with van der Waals surface area (Å²) in [6, 6.07) is 0.893. The van der Waals surface area contributed by atoms with Crippen LogP contribution in [0.2, 0.25) is 0 Å². The highest BCUT2D eigenvalue weighted by Gasteiger charge is 2.34. The number of nitrogens with zero attached hydrogens (tertiary/aromatic N) is 1. The van der Waals surface area contributed by atoms with Gasteiger partial charge in [-0.25, -0.2) is 13.8 Å². The highest BCUT2D eigenvalue weighted by molar-refractivity contribution is 5.71. The van der Waals surface area contributed by atoms with Crippen molar-refractivity contribution in [3.63, 3.8) is 0 Å². The predicted molar refractivity (Wildman–Crippen MR) is 52.0 cm³/mol. The molecule has 1 rings (SSSR count). The number of aliphatic carboxylic acids is 1. The molecule has 0 saturated heterocycles. The van der Waals surface area contributed by atoms with E-state index in [1.807, 2.05) is 0 Å². The Labute approximate surface area is 103 Å². The Kier molecular flexibility index (Phi) is 4.28. The van der Waals surface area contributed by atoms with Crippen molar-refractivity contribution in [1.82, 2.24) is 4.98 Å². The van der Waals surface area contributed by atoms with Crippen LogP contribution in [-0.2, 0) is 11.2 Å². The van der Waals surface area contributed by atoms with Crippen molar-refractivity contribution in [3.05, 3.63) is 22.9 Å². The summed E-state index contributed by atoms with van der Waals surface area (Å²) in [5.41, 5.74) is -1.42. The van der Waals surface area contributed by atoms with Gasteiger partial charge < -0.3 is 9.84 Å². The monoisotopic (exact) mass is 285 g/mol. The second-order valence-corrected chi connectivity index (χ2v) is 3.57. The molecule has 0 amide bonds. The summed E-state index contributed by atoms with van der Waals surface area (Å²) >= 11 is 0. The Morgan fingerprint density at radius 1 is 1.47 bits per heavy atom. The smallest absolute Gasteiger partial charge is 0.481 e. The fraction of sp³-hybridized carbons (Fsp3) is 0.400. The van der Waals surface area contributed by atoms with Gasteiger partial charge in [-0.3, -0.25) is 4.79 Å². The zero-order chi connectivity index (χ0) is 14.8. The number of rotatable bonds is 4. The first-order valence-electron chi connectivity index (χ1n) is 4.86. The Bertz CT molecular complexity index is 487. The number of alkyl halides is 5. The molecule has 0 aromatic carbocycles. The minimum absolute atomic E-state index is 0.110. The van der Waals surface area contributed by atoms with Gasteiger partial charge in [0.1, 0.15) is 5.69 Å². The van der Waals surface area contributed by atoms with Crippen LogP contribution in [0.5, 0.6) is 5.88 Å². The van der Waals surface area contributed by atoms with E-state index in [2.05, 4.69) is 9.72 Å². The van der Waals surface area contributed by atoms with Crippen LogP contribution < -0.4 is 4.74 Å². The molecular formula is C10H8F5NO3. The maximum atomic E-state index is 12.5. The van der Waals surface area contributed by atoms with Gasteiger partial charge in [0.05, 0.1) is 6.42 Å². The summed E-state index contributed by atoms with van der Waals surface area (Å²) < 4.78 is 64.8. The highest BCUT2D eigenvalue weighted by atomic mass is 19.4. The number of hydrogen-bond donors (Lipinski definition) is 1. The third-order valence-electron chi connectivity index (χ3n) is 2.05. The zero-order valence-electron chi connectivity index (χ0n) is 9.46. The number of aromatic nitrogens is 1. The number of carbonyl (C=O) groups is 1. The van der Waals surface area contributed by atoms with E-state index in [9.17, 15) is 26.7 Å². The van der Waals surface area contributed by atoms with Gasteiger partial charge in [0.2, 0.25) is 5.88 Å². The maximum absolute atomic E-state index is 12.5. The largest absolute Gasteiger partial charge is 0.574 e. The molecule has 0 bridgehead atoms. The third-order valence-corrected chi connectivity index (χ3v) is 2.05. The molecule has 9 heteroatoms. The topological polar surface area (TPSA) is 59.4 Å². The fourth-order valence-corrected chi connectivity index (χ4v) is 1.37. The van der Waals surface area contributed by atoms with Gasteiger partial charge >= 0.3 is 12.3 Å². The molecule has 0 spiro atoms. The molecule has 0 aliphatic heterocycles. The lowest BCUT2D eigenvalue weighted by molar-refractivity contribution is -0.276. The molecule has 0 fully saturated rings. The number of carboxylic acids is 1. The standard InChI is InChI=1S/C10H8F5NO3/c1-4-2-5(3-6(17)18)9(19-10(13,14)15)16-7(4)8(11)12/h2,8H,3H2,1H3,(H,17,18). The molecule has 0 radical (unpaired) electrons. The Morgan fingerprint density at radius 3 is 2.47 bits per heavy atom. The first-order valence-corrected chi connectivity index (χ1v) is 4.86. The van der Waals surface area contributed by atoms with E-state index in [-0.39, 0.29) is 5.56 Å². The van der Waals surface area contributed by atoms with E-state index in [0.717, 1.165) is 6.07 Å². The van der Waals surface area contributed by atoms with Gasteiger partial charge in [-0.05, 0) is 18.6 Å². The van der Waals surface area contributed by atoms with Crippen LogP contribution in [0.3, 0.4) is 0 Å². The fourth-order valence-electron chi connectivity index (χ4n) is 1.37. The van der Waals surface area contributed by atoms with Crippen LogP contribution in [0.15, 0.2) is 6.07 Å². The SMILES string of the molecule is Cc1cc(CC(=O)O)c(OC(F)(F)F)nc1C(F)F. The summed E-state index contributed by atoms with van der Waals surface area (Å²) in [4.78, 5) is 13.6. The van der Waals surface area contributed by atoms with Crippen molar-refractivity contribution >= 4 is 5.97 Å². The molecule has 0 atom stereocenters. The molecular weight excluding hydrogens is 277 g/mol. The molecule has 1 aromatic rings. The number of aryl methyl sites for hydroxylation is 1. The zero-order valence-corrected chi connectivity index (χ0v) is 9.46. The van der Waals surface area contributed by atoms with E-state index >= 15 is 0 Å². The summed E-state index contributed by atoms with van der Waals surface area (Å²) in [6.45, 7) is 1.19. The molecule has 0 aliphatic rings. The molecule has 1 N–H and O–H groups in total. The minimum Gasteiger partial charge on any atom is -0.481 e. The van der Waals surface area contributed by atoms with Crippen molar-refractivity contribution in [1.29, 1.82) is 0 Å². The Balaban J connectivity index is 3.28. The molecule has 1 heterocycles. The lowest BCUT2D eigenvalue weighted by Gasteiger charge is -2.14. The summed E-state index contributed by atoms with van der Waals surface area (Å²) in [6.07, 6.45) is -9.05. The van der Waals surface area contributed by atoms with Gasteiger partial charge in [-0.1, -0.05) is 0 Å². The molecule has 19 heavy (non-hydrogen) atoms. The van der Waals surface area contributed by atoms with Gasteiger partial charge in [-0.15, -0.1) is 13.2 Å². The van der Waals surface area contributed by atoms with Gasteiger partial charge in [0.25, 0.3) is 6.43 Å². The van der Waals surface area contributed by atoms with E-state index in [1.165, 1.54) is 6.92 Å². The van der Waals surface area contributed by atoms with E-state index in [1.54, 1.807) is 0 Å². The van der Waals surface area contributed by atoms with Gasteiger partial charge in [-0.2, -0.15) is 0 Å². The Hall–Kier alpha value is -1.93. The molecule has 1 aromatic heterocycles. The molecule has 4 nitrogen and oxygen atoms in total. The molecule has 0 aliphatic carbocycles. The van der Waals surface area contributed by atoms with Crippen molar-refractivity contribution in [3.8, 4) is 5.88 Å². The highest BCUT2D eigenvalue weighted by Crippen LogP contribution is 2.30. The third kappa shape index (κ3) is 4.34. The van der Waals surface area contributed by atoms with Gasteiger partial charge in [0.15, 0.2) is 0 Å².